The molecule has 3 rings (SSSR count). The monoisotopic (exact) mass is 375 g/mol. The highest BCUT2D eigenvalue weighted by Crippen LogP contribution is 2.30. The first-order valence-corrected chi connectivity index (χ1v) is 9.73. The third-order valence-corrected chi connectivity index (χ3v) is 5.38. The smallest absolute Gasteiger partial charge is 0.269 e. The van der Waals surface area contributed by atoms with Gasteiger partial charge in [0, 0.05) is 30.8 Å². The molecule has 1 heterocycles. The van der Waals surface area contributed by atoms with Crippen molar-refractivity contribution in [3.8, 4) is 0 Å². The van der Waals surface area contributed by atoms with E-state index in [1.165, 1.54) is 16.4 Å². The fourth-order valence-corrected chi connectivity index (χ4v) is 3.84. The summed E-state index contributed by atoms with van der Waals surface area (Å²) in [4.78, 5) is 22.5. The minimum Gasteiger partial charge on any atom is -0.348 e. The van der Waals surface area contributed by atoms with Crippen molar-refractivity contribution < 1.29 is 18.1 Å². The number of nitro groups is 1. The van der Waals surface area contributed by atoms with Crippen LogP contribution in [-0.4, -0.2) is 32.0 Å². The summed E-state index contributed by atoms with van der Waals surface area (Å²) in [6, 6.07) is 10.9. The van der Waals surface area contributed by atoms with Crippen LogP contribution >= 0.6 is 0 Å². The predicted molar refractivity (Wildman–Crippen MR) is 96.6 cm³/mol. The molecule has 26 heavy (non-hydrogen) atoms. The van der Waals surface area contributed by atoms with Crippen molar-refractivity contribution in [1.82, 2.24) is 5.32 Å². The molecule has 0 saturated carbocycles. The largest absolute Gasteiger partial charge is 0.348 e. The van der Waals surface area contributed by atoms with Crippen molar-refractivity contribution in [3.63, 3.8) is 0 Å². The summed E-state index contributed by atoms with van der Waals surface area (Å²) >= 11 is 0. The summed E-state index contributed by atoms with van der Waals surface area (Å²) < 4.78 is 24.8. The van der Waals surface area contributed by atoms with Gasteiger partial charge in [-0.25, -0.2) is 8.42 Å². The third-order valence-electron chi connectivity index (χ3n) is 4.20. The van der Waals surface area contributed by atoms with E-state index in [4.69, 9.17) is 0 Å². The van der Waals surface area contributed by atoms with Crippen molar-refractivity contribution in [2.75, 3.05) is 17.1 Å². The normalized spacial score (nSPS) is 13.3. The summed E-state index contributed by atoms with van der Waals surface area (Å²) in [6.45, 7) is 0.616. The van der Waals surface area contributed by atoms with Crippen LogP contribution in [0.15, 0.2) is 42.5 Å². The number of carbonyl (C=O) groups is 1. The molecule has 0 radical (unpaired) electrons. The Morgan fingerprint density at radius 2 is 1.92 bits per heavy atom. The van der Waals surface area contributed by atoms with E-state index in [-0.39, 0.29) is 18.1 Å². The van der Waals surface area contributed by atoms with Crippen LogP contribution in [0.2, 0.25) is 0 Å². The Morgan fingerprint density at radius 1 is 1.23 bits per heavy atom. The zero-order chi connectivity index (χ0) is 18.9. The van der Waals surface area contributed by atoms with Crippen LogP contribution in [0.25, 0.3) is 0 Å². The fourth-order valence-electron chi connectivity index (χ4n) is 2.88. The summed E-state index contributed by atoms with van der Waals surface area (Å²) in [7, 11) is -3.32. The molecular weight excluding hydrogens is 358 g/mol. The van der Waals surface area contributed by atoms with E-state index in [9.17, 15) is 23.3 Å². The molecule has 0 bridgehead atoms. The number of non-ortho nitro benzene ring substituents is 1. The van der Waals surface area contributed by atoms with Crippen LogP contribution in [0.1, 0.15) is 21.5 Å². The van der Waals surface area contributed by atoms with E-state index in [1.807, 2.05) is 0 Å². The van der Waals surface area contributed by atoms with Gasteiger partial charge in [0.2, 0.25) is 10.0 Å². The molecule has 0 saturated heterocycles. The summed E-state index contributed by atoms with van der Waals surface area (Å²) in [5.74, 6) is -0.288. The molecule has 0 atom stereocenters. The highest BCUT2D eigenvalue weighted by Gasteiger charge is 2.26. The van der Waals surface area contributed by atoms with Gasteiger partial charge < -0.3 is 5.32 Å². The molecule has 0 aliphatic carbocycles. The predicted octanol–water partition coefficient (Wildman–Crippen LogP) is 1.85. The van der Waals surface area contributed by atoms with E-state index in [0.717, 1.165) is 17.4 Å². The van der Waals surface area contributed by atoms with Gasteiger partial charge in [-0.05, 0) is 35.7 Å². The Balaban J connectivity index is 1.68. The molecule has 136 valence electrons. The molecule has 1 N–H and O–H groups in total. The molecule has 0 aromatic heterocycles. The van der Waals surface area contributed by atoms with E-state index in [1.54, 1.807) is 30.3 Å². The van der Waals surface area contributed by atoms with E-state index >= 15 is 0 Å². The van der Waals surface area contributed by atoms with E-state index < -0.39 is 14.9 Å². The van der Waals surface area contributed by atoms with Crippen LogP contribution in [0.3, 0.4) is 0 Å². The number of anilines is 1. The first-order chi connectivity index (χ1) is 12.3. The Hall–Kier alpha value is -2.94. The van der Waals surface area contributed by atoms with E-state index in [2.05, 4.69) is 5.32 Å². The van der Waals surface area contributed by atoms with Crippen LogP contribution in [-0.2, 0) is 23.0 Å². The second kappa shape index (κ2) is 6.75. The maximum atomic E-state index is 12.3. The molecule has 9 heteroatoms. The number of carbonyl (C=O) groups excluding carboxylic acids is 1. The van der Waals surface area contributed by atoms with Crippen molar-refractivity contribution >= 4 is 27.3 Å². The maximum Gasteiger partial charge on any atom is 0.269 e. The zero-order valence-electron chi connectivity index (χ0n) is 14.0. The minimum absolute atomic E-state index is 0.00544. The Kier molecular flexibility index (Phi) is 4.64. The number of hydrogen-bond acceptors (Lipinski definition) is 5. The minimum atomic E-state index is -3.32. The van der Waals surface area contributed by atoms with Crippen molar-refractivity contribution in [3.05, 3.63) is 69.3 Å². The quantitative estimate of drug-likeness (QED) is 0.633. The van der Waals surface area contributed by atoms with Crippen LogP contribution in [0.4, 0.5) is 11.4 Å². The van der Waals surface area contributed by atoms with Gasteiger partial charge in [0.1, 0.15) is 0 Å². The fraction of sp³-hybridized carbons (Fsp3) is 0.235. The number of nitrogens with zero attached hydrogens (tertiary/aromatic N) is 2. The van der Waals surface area contributed by atoms with Gasteiger partial charge in [0.15, 0.2) is 0 Å². The summed E-state index contributed by atoms with van der Waals surface area (Å²) in [5.41, 5.74) is 2.61. The highest BCUT2D eigenvalue weighted by molar-refractivity contribution is 7.92. The standard InChI is InChI=1S/C17H17N3O5S/c1-26(24,25)19-9-8-13-10-14(4-7-16(13)19)17(21)18-11-12-2-5-15(6-3-12)20(22)23/h2-7,10H,8-9,11H2,1H3,(H,18,21). The number of sulfonamides is 1. The number of benzene rings is 2. The van der Waals surface area contributed by atoms with Crippen LogP contribution < -0.4 is 9.62 Å². The molecule has 1 aliphatic heterocycles. The van der Waals surface area contributed by atoms with Gasteiger partial charge in [-0.2, -0.15) is 0 Å². The number of nitro benzene ring substituents is 1. The Morgan fingerprint density at radius 3 is 2.54 bits per heavy atom. The molecule has 2 aromatic carbocycles. The number of nitrogens with one attached hydrogen (secondary N) is 1. The Labute approximate surface area is 150 Å². The lowest BCUT2D eigenvalue weighted by Gasteiger charge is -2.16. The second-order valence-corrected chi connectivity index (χ2v) is 7.94. The molecular formula is C17H17N3O5S. The van der Waals surface area contributed by atoms with Crippen molar-refractivity contribution in [2.24, 2.45) is 0 Å². The number of hydrogen-bond donors (Lipinski definition) is 1. The molecule has 1 aliphatic rings. The zero-order valence-corrected chi connectivity index (χ0v) is 14.8. The number of rotatable bonds is 5. The molecule has 1 amide bonds. The average Bonchev–Trinajstić information content (AvgIpc) is 3.03. The molecule has 0 unspecified atom stereocenters. The SMILES string of the molecule is CS(=O)(=O)N1CCc2cc(C(=O)NCc3ccc([N+](=O)[O-])cc3)ccc21. The van der Waals surface area contributed by atoms with Crippen LogP contribution in [0.5, 0.6) is 0 Å². The second-order valence-electron chi connectivity index (χ2n) is 6.03. The van der Waals surface area contributed by atoms with Crippen molar-refractivity contribution in [2.45, 2.75) is 13.0 Å². The molecule has 0 fully saturated rings. The average molecular weight is 375 g/mol. The van der Waals surface area contributed by atoms with Gasteiger partial charge in [-0.3, -0.25) is 19.2 Å². The summed E-state index contributed by atoms with van der Waals surface area (Å²) in [6.07, 6.45) is 1.72. The number of amides is 1. The Bertz CT molecular complexity index is 970. The topological polar surface area (TPSA) is 110 Å². The lowest BCUT2D eigenvalue weighted by atomic mass is 10.1. The maximum absolute atomic E-state index is 12.3. The summed E-state index contributed by atoms with van der Waals surface area (Å²) in [5, 5.41) is 13.4. The van der Waals surface area contributed by atoms with Gasteiger partial charge in [0.25, 0.3) is 11.6 Å². The number of fused-ring (bicyclic) bond motifs is 1. The van der Waals surface area contributed by atoms with Crippen molar-refractivity contribution in [1.29, 1.82) is 0 Å². The van der Waals surface area contributed by atoms with Gasteiger partial charge in [-0.1, -0.05) is 12.1 Å². The van der Waals surface area contributed by atoms with Gasteiger partial charge >= 0.3 is 0 Å². The highest BCUT2D eigenvalue weighted by atomic mass is 32.2. The van der Waals surface area contributed by atoms with Gasteiger partial charge in [-0.15, -0.1) is 0 Å². The third kappa shape index (κ3) is 3.67. The van der Waals surface area contributed by atoms with Crippen LogP contribution in [0, 0.1) is 10.1 Å². The molecule has 2 aromatic rings. The van der Waals surface area contributed by atoms with E-state index in [0.29, 0.717) is 24.2 Å². The lowest BCUT2D eigenvalue weighted by Crippen LogP contribution is -2.27. The lowest BCUT2D eigenvalue weighted by molar-refractivity contribution is -0.384. The van der Waals surface area contributed by atoms with Gasteiger partial charge in [0.05, 0.1) is 16.9 Å². The first kappa shape index (κ1) is 17.9. The molecule has 0 spiro atoms. The first-order valence-electron chi connectivity index (χ1n) is 7.88. The molecule has 8 nitrogen and oxygen atoms in total.